The number of alkyl halides is 7. The van der Waals surface area contributed by atoms with E-state index in [2.05, 4.69) is 31.6 Å². The summed E-state index contributed by atoms with van der Waals surface area (Å²) in [4.78, 5) is 12.4. The van der Waals surface area contributed by atoms with Crippen molar-refractivity contribution in [1.82, 2.24) is 15.0 Å². The molecule has 1 amide bonds. The first-order valence-corrected chi connectivity index (χ1v) is 12.2. The van der Waals surface area contributed by atoms with Gasteiger partial charge in [-0.2, -0.15) is 26.3 Å². The second-order valence-electron chi connectivity index (χ2n) is 8.54. The third-order valence-corrected chi connectivity index (χ3v) is 6.56. The summed E-state index contributed by atoms with van der Waals surface area (Å²) in [7, 11) is 0. The van der Waals surface area contributed by atoms with Crippen molar-refractivity contribution in [2.45, 2.75) is 31.4 Å². The lowest BCUT2D eigenvalue weighted by Crippen LogP contribution is -2.50. The number of halogens is 9. The summed E-state index contributed by atoms with van der Waals surface area (Å²) in [6, 6.07) is 12.5. The van der Waals surface area contributed by atoms with Crippen LogP contribution in [0.4, 0.5) is 40.8 Å². The smallest absolute Gasteiger partial charge is 0.322 e. The van der Waals surface area contributed by atoms with Crippen molar-refractivity contribution in [2.75, 3.05) is 5.32 Å². The van der Waals surface area contributed by atoms with E-state index in [1.807, 2.05) is 0 Å². The van der Waals surface area contributed by atoms with Gasteiger partial charge in [-0.15, -0.1) is 5.10 Å². The Bertz CT molecular complexity index is 1550. The van der Waals surface area contributed by atoms with Crippen LogP contribution in [-0.2, 0) is 12.1 Å². The van der Waals surface area contributed by atoms with Gasteiger partial charge in [0.2, 0.25) is 0 Å². The predicted octanol–water partition coefficient (Wildman–Crippen LogP) is 7.94. The van der Waals surface area contributed by atoms with E-state index in [0.717, 1.165) is 10.7 Å². The van der Waals surface area contributed by atoms with Crippen LogP contribution >= 0.6 is 15.9 Å². The van der Waals surface area contributed by atoms with E-state index in [1.54, 1.807) is 18.2 Å². The maximum atomic E-state index is 14.7. The van der Waals surface area contributed by atoms with Crippen molar-refractivity contribution in [3.05, 3.63) is 93.8 Å². The van der Waals surface area contributed by atoms with Gasteiger partial charge in [0.25, 0.3) is 5.91 Å². The van der Waals surface area contributed by atoms with Crippen LogP contribution in [0.25, 0.3) is 16.9 Å². The highest BCUT2D eigenvalue weighted by Gasteiger charge is 2.73. The summed E-state index contributed by atoms with van der Waals surface area (Å²) < 4.78 is 109. The van der Waals surface area contributed by atoms with Crippen LogP contribution < -0.4 is 5.32 Å². The van der Waals surface area contributed by atoms with Gasteiger partial charge in [-0.05, 0) is 64.3 Å². The van der Waals surface area contributed by atoms with Crippen LogP contribution in [-0.4, -0.2) is 33.3 Å². The van der Waals surface area contributed by atoms with Gasteiger partial charge in [-0.25, -0.2) is 13.5 Å². The summed E-state index contributed by atoms with van der Waals surface area (Å²) in [5.41, 5.74) is -6.45. The lowest BCUT2D eigenvalue weighted by Gasteiger charge is -2.31. The van der Waals surface area contributed by atoms with E-state index in [1.165, 1.54) is 37.4 Å². The van der Waals surface area contributed by atoms with E-state index in [9.17, 15) is 39.9 Å². The fraction of sp³-hybridized carbons (Fsp3) is 0.192. The molecule has 1 heterocycles. The number of aromatic nitrogens is 3. The zero-order chi connectivity index (χ0) is 29.5. The quantitative estimate of drug-likeness (QED) is 0.220. The van der Waals surface area contributed by atoms with Crippen molar-refractivity contribution < 1.29 is 39.9 Å². The highest BCUT2D eigenvalue weighted by Crippen LogP contribution is 2.54. The molecule has 1 N–H and O–H groups in total. The highest BCUT2D eigenvalue weighted by atomic mass is 79.9. The van der Waals surface area contributed by atoms with Gasteiger partial charge in [-0.3, -0.25) is 4.79 Å². The van der Waals surface area contributed by atoms with Crippen LogP contribution in [0.5, 0.6) is 0 Å². The van der Waals surface area contributed by atoms with Gasteiger partial charge < -0.3 is 5.32 Å². The molecule has 0 radical (unpaired) electrons. The lowest BCUT2D eigenvalue weighted by atomic mass is 9.91. The average Bonchev–Trinajstić information content (AvgIpc) is 3.36. The van der Waals surface area contributed by atoms with Crippen molar-refractivity contribution in [2.24, 2.45) is 0 Å². The molecular formula is C26H17BrF8N4O. The summed E-state index contributed by atoms with van der Waals surface area (Å²) in [5.74, 6) is -1.41. The molecule has 0 unspecified atom stereocenters. The van der Waals surface area contributed by atoms with Crippen molar-refractivity contribution in [3.63, 3.8) is 0 Å². The molecule has 0 bridgehead atoms. The summed E-state index contributed by atoms with van der Waals surface area (Å²) in [5, 5.41) is 10.5. The first kappa shape index (κ1) is 29.2. The number of carbonyl (C=O) groups is 1. The Morgan fingerprint density at radius 2 is 1.62 bits per heavy atom. The topological polar surface area (TPSA) is 59.8 Å². The minimum atomic E-state index is -6.26. The second kappa shape index (κ2) is 10.6. The Kier molecular flexibility index (Phi) is 7.76. The Morgan fingerprint density at radius 1 is 0.950 bits per heavy atom. The normalized spacial score (nSPS) is 12.4. The van der Waals surface area contributed by atoms with E-state index in [0.29, 0.717) is 23.4 Å². The minimum absolute atomic E-state index is 0.0562. The molecule has 0 aliphatic rings. The second-order valence-corrected chi connectivity index (χ2v) is 9.39. The number of benzene rings is 3. The molecule has 0 atom stereocenters. The standard InChI is InChI=1S/C26H17BrF8N4O/c1-2-14-10-16(24(29,25(30,31)32)26(33,34)35)12-19(27)22(14)39-13-21(37-38-39)15-6-5-7-17(11-15)36-23(40)18-8-3-4-9-20(18)28/h3-13H,2H2,1H3,(H,36,40). The molecule has 4 aromatic rings. The molecule has 0 aliphatic carbocycles. The monoisotopic (exact) mass is 632 g/mol. The Hall–Kier alpha value is -3.81. The first-order chi connectivity index (χ1) is 18.7. The van der Waals surface area contributed by atoms with Crippen molar-refractivity contribution in [3.8, 4) is 16.9 Å². The zero-order valence-electron chi connectivity index (χ0n) is 20.2. The van der Waals surface area contributed by atoms with E-state index in [4.69, 9.17) is 0 Å². The van der Waals surface area contributed by atoms with Gasteiger partial charge in [0.15, 0.2) is 0 Å². The lowest BCUT2D eigenvalue weighted by molar-refractivity contribution is -0.348. The molecule has 3 aromatic carbocycles. The molecule has 40 heavy (non-hydrogen) atoms. The van der Waals surface area contributed by atoms with Crippen molar-refractivity contribution >= 4 is 27.5 Å². The molecule has 14 heteroatoms. The molecule has 0 saturated carbocycles. The van der Waals surface area contributed by atoms with Crippen LogP contribution in [0.1, 0.15) is 28.4 Å². The number of nitrogens with one attached hydrogen (secondary N) is 1. The summed E-state index contributed by atoms with van der Waals surface area (Å²) in [6.07, 6.45) is -11.2. The molecule has 0 saturated heterocycles. The van der Waals surface area contributed by atoms with Gasteiger partial charge in [0.1, 0.15) is 11.5 Å². The van der Waals surface area contributed by atoms with Gasteiger partial charge >= 0.3 is 18.0 Å². The largest absolute Gasteiger partial charge is 0.435 e. The minimum Gasteiger partial charge on any atom is -0.322 e. The first-order valence-electron chi connectivity index (χ1n) is 11.4. The van der Waals surface area contributed by atoms with Crippen LogP contribution in [0.3, 0.4) is 0 Å². The Balaban J connectivity index is 1.69. The maximum absolute atomic E-state index is 14.7. The van der Waals surface area contributed by atoms with E-state index >= 15 is 0 Å². The maximum Gasteiger partial charge on any atom is 0.435 e. The third-order valence-electron chi connectivity index (χ3n) is 5.96. The average molecular weight is 633 g/mol. The number of anilines is 1. The number of nitrogens with zero attached hydrogens (tertiary/aromatic N) is 3. The fourth-order valence-corrected chi connectivity index (χ4v) is 4.66. The molecule has 210 valence electrons. The van der Waals surface area contributed by atoms with Crippen LogP contribution in [0.2, 0.25) is 0 Å². The molecule has 0 spiro atoms. The molecule has 4 rings (SSSR count). The molecular weight excluding hydrogens is 616 g/mol. The highest BCUT2D eigenvalue weighted by molar-refractivity contribution is 9.10. The number of hydrogen-bond donors (Lipinski definition) is 1. The van der Waals surface area contributed by atoms with Crippen molar-refractivity contribution in [1.29, 1.82) is 0 Å². The molecule has 5 nitrogen and oxygen atoms in total. The van der Waals surface area contributed by atoms with Gasteiger partial charge in [0, 0.05) is 21.3 Å². The number of aryl methyl sites for hydroxylation is 1. The van der Waals surface area contributed by atoms with Crippen LogP contribution in [0, 0.1) is 5.82 Å². The number of carbonyl (C=O) groups excluding carboxylic acids is 1. The molecule has 0 aliphatic heterocycles. The van der Waals surface area contributed by atoms with Gasteiger partial charge in [-0.1, -0.05) is 36.4 Å². The number of hydrogen-bond acceptors (Lipinski definition) is 3. The summed E-state index contributed by atoms with van der Waals surface area (Å²) >= 11 is 2.97. The number of amides is 1. The Labute approximate surface area is 229 Å². The van der Waals surface area contributed by atoms with E-state index in [-0.39, 0.29) is 33.4 Å². The fourth-order valence-electron chi connectivity index (χ4n) is 3.97. The van der Waals surface area contributed by atoms with Gasteiger partial charge in [0.05, 0.1) is 17.4 Å². The van der Waals surface area contributed by atoms with Crippen LogP contribution in [0.15, 0.2) is 71.3 Å². The zero-order valence-corrected chi connectivity index (χ0v) is 21.8. The summed E-state index contributed by atoms with van der Waals surface area (Å²) in [6.45, 7) is 1.47. The molecule has 1 aromatic heterocycles. The SMILES string of the molecule is CCc1cc(C(F)(C(F)(F)F)C(F)(F)F)cc(Br)c1-n1cc(-c2cccc(NC(=O)c3ccccc3F)c2)nn1. The predicted molar refractivity (Wildman–Crippen MR) is 133 cm³/mol. The third kappa shape index (κ3) is 5.31. The number of rotatable bonds is 6. The molecule has 0 fully saturated rings. The van der Waals surface area contributed by atoms with E-state index < -0.39 is 35.3 Å². The Morgan fingerprint density at radius 3 is 2.25 bits per heavy atom.